The number of carbonyl (C=O) groups excluding carboxylic acids is 2. The Balaban J connectivity index is 2.39. The minimum atomic E-state index is -0.683. The minimum Gasteiger partial charge on any atom is -0.504 e. The third-order valence-corrected chi connectivity index (χ3v) is 1.56. The molecule has 52 valence electrons. The van der Waals surface area contributed by atoms with Gasteiger partial charge in [0, 0.05) is 6.08 Å². The lowest BCUT2D eigenvalue weighted by Crippen LogP contribution is -2.22. The van der Waals surface area contributed by atoms with E-state index in [2.05, 4.69) is 4.74 Å². The van der Waals surface area contributed by atoms with Gasteiger partial charge in [0.05, 0.1) is 0 Å². The molecule has 0 aromatic heterocycles. The highest BCUT2D eigenvalue weighted by molar-refractivity contribution is 6.14. The summed E-state index contributed by atoms with van der Waals surface area (Å²) in [5, 5.41) is 8.76. The number of fused-ring (bicyclic) bond motifs is 1. The summed E-state index contributed by atoms with van der Waals surface area (Å²) in [6, 6.07) is 0. The van der Waals surface area contributed by atoms with Gasteiger partial charge in [0.1, 0.15) is 0 Å². The molecule has 0 radical (unpaired) electrons. The summed E-state index contributed by atoms with van der Waals surface area (Å²) >= 11 is 0. The van der Waals surface area contributed by atoms with Crippen molar-refractivity contribution in [3.63, 3.8) is 0 Å². The van der Waals surface area contributed by atoms with Crippen molar-refractivity contribution in [3.8, 4) is 0 Å². The van der Waals surface area contributed by atoms with E-state index in [1.165, 1.54) is 0 Å². The van der Waals surface area contributed by atoms with Crippen LogP contribution in [0.2, 0.25) is 0 Å². The quantitative estimate of drug-likeness (QED) is 0.454. The predicted octanol–water partition coefficient (Wildman–Crippen LogP) is -0.653. The maximum absolute atomic E-state index is 10.7. The van der Waals surface area contributed by atoms with Crippen LogP contribution in [0.25, 0.3) is 0 Å². The molecule has 1 aliphatic heterocycles. The summed E-state index contributed by atoms with van der Waals surface area (Å²) in [7, 11) is 0. The summed E-state index contributed by atoms with van der Waals surface area (Å²) in [5.74, 6) is -1.28. The highest BCUT2D eigenvalue weighted by atomic mass is 16.6. The van der Waals surface area contributed by atoms with E-state index in [-0.39, 0.29) is 5.78 Å². The molecule has 1 saturated heterocycles. The Morgan fingerprint density at radius 1 is 1.40 bits per heavy atom. The number of Topliss-reactive ketones (excluding diaryl/α,β-unsaturated/α-hetero) is 1. The van der Waals surface area contributed by atoms with Crippen LogP contribution in [0.5, 0.6) is 0 Å². The Morgan fingerprint density at radius 2 is 2.10 bits per heavy atom. The number of epoxide rings is 1. The molecule has 0 aromatic rings. The molecular weight excluding hydrogens is 136 g/mol. The predicted molar refractivity (Wildman–Crippen MR) is 29.4 cm³/mol. The van der Waals surface area contributed by atoms with Crippen LogP contribution in [-0.2, 0) is 14.3 Å². The van der Waals surface area contributed by atoms with Crippen LogP contribution in [0.4, 0.5) is 0 Å². The second-order valence-corrected chi connectivity index (χ2v) is 2.27. The fraction of sp³-hybridized carbons (Fsp3) is 0.333. The van der Waals surface area contributed by atoms with Gasteiger partial charge >= 0.3 is 0 Å². The van der Waals surface area contributed by atoms with Crippen LogP contribution in [0, 0.1) is 0 Å². The van der Waals surface area contributed by atoms with Crippen LogP contribution in [0.1, 0.15) is 0 Å². The topological polar surface area (TPSA) is 66.9 Å². The zero-order chi connectivity index (χ0) is 7.30. The maximum atomic E-state index is 10.7. The van der Waals surface area contributed by atoms with Gasteiger partial charge in [-0.3, -0.25) is 9.59 Å². The average Bonchev–Trinajstić information content (AvgIpc) is 2.61. The highest BCUT2D eigenvalue weighted by Gasteiger charge is 2.53. The molecule has 0 spiro atoms. The fourth-order valence-corrected chi connectivity index (χ4v) is 0.962. The Morgan fingerprint density at radius 3 is 2.80 bits per heavy atom. The van der Waals surface area contributed by atoms with Gasteiger partial charge in [0.15, 0.2) is 23.8 Å². The molecular formula is C6H4O4. The Labute approximate surface area is 56.1 Å². The highest BCUT2D eigenvalue weighted by Crippen LogP contribution is 2.30. The molecule has 1 aliphatic carbocycles. The van der Waals surface area contributed by atoms with Crippen molar-refractivity contribution >= 4 is 11.6 Å². The molecule has 0 bridgehead atoms. The Kier molecular flexibility index (Phi) is 0.820. The third kappa shape index (κ3) is 0.537. The number of aliphatic hydroxyl groups excluding tert-OH is 1. The first-order valence-electron chi connectivity index (χ1n) is 2.84. The van der Waals surface area contributed by atoms with Crippen LogP contribution in [-0.4, -0.2) is 28.9 Å². The molecule has 4 nitrogen and oxygen atoms in total. The lowest BCUT2D eigenvalue weighted by Gasteiger charge is -1.98. The third-order valence-electron chi connectivity index (χ3n) is 1.56. The molecule has 10 heavy (non-hydrogen) atoms. The summed E-state index contributed by atoms with van der Waals surface area (Å²) in [6.45, 7) is 0. The molecule has 0 aromatic carbocycles. The van der Waals surface area contributed by atoms with E-state index in [0.29, 0.717) is 0 Å². The number of aliphatic hydroxyl groups is 1. The number of carbonyl (C=O) groups is 2. The number of ether oxygens (including phenoxy) is 1. The SMILES string of the molecule is O=C1C=C(O)C(=O)[C@@H]2O[C@@H]12. The van der Waals surface area contributed by atoms with Crippen LogP contribution >= 0.6 is 0 Å². The number of hydrogen-bond donors (Lipinski definition) is 1. The van der Waals surface area contributed by atoms with E-state index in [0.717, 1.165) is 6.08 Å². The van der Waals surface area contributed by atoms with Crippen LogP contribution in [0.15, 0.2) is 11.8 Å². The average molecular weight is 140 g/mol. The van der Waals surface area contributed by atoms with E-state index >= 15 is 0 Å². The summed E-state index contributed by atoms with van der Waals surface area (Å²) in [6.07, 6.45) is -0.364. The molecule has 0 amide bonds. The zero-order valence-electron chi connectivity index (χ0n) is 4.90. The van der Waals surface area contributed by atoms with E-state index in [9.17, 15) is 9.59 Å². The maximum Gasteiger partial charge on any atom is 0.229 e. The van der Waals surface area contributed by atoms with Gasteiger partial charge in [-0.25, -0.2) is 0 Å². The second kappa shape index (κ2) is 1.46. The second-order valence-electron chi connectivity index (χ2n) is 2.27. The van der Waals surface area contributed by atoms with E-state index in [1.54, 1.807) is 0 Å². The van der Waals surface area contributed by atoms with Gasteiger partial charge in [0.25, 0.3) is 0 Å². The summed E-state index contributed by atoms with van der Waals surface area (Å²) in [4.78, 5) is 21.4. The molecule has 4 heteroatoms. The largest absolute Gasteiger partial charge is 0.504 e. The monoisotopic (exact) mass is 140 g/mol. The minimum absolute atomic E-state index is 0.317. The van der Waals surface area contributed by atoms with Crippen molar-refractivity contribution in [2.75, 3.05) is 0 Å². The summed E-state index contributed by atoms with van der Waals surface area (Å²) in [5.41, 5.74) is 0. The van der Waals surface area contributed by atoms with Gasteiger partial charge in [-0.2, -0.15) is 0 Å². The Hall–Kier alpha value is -1.16. The molecule has 1 heterocycles. The molecule has 0 saturated carbocycles. The van der Waals surface area contributed by atoms with Gasteiger partial charge in [0.2, 0.25) is 5.78 Å². The first-order chi connectivity index (χ1) is 4.70. The van der Waals surface area contributed by atoms with Crippen molar-refractivity contribution < 1.29 is 19.4 Å². The summed E-state index contributed by atoms with van der Waals surface area (Å²) < 4.78 is 4.66. The van der Waals surface area contributed by atoms with Crippen molar-refractivity contribution in [1.82, 2.24) is 0 Å². The number of ketones is 2. The van der Waals surface area contributed by atoms with Crippen molar-refractivity contribution in [2.45, 2.75) is 12.2 Å². The molecule has 2 atom stereocenters. The zero-order valence-corrected chi connectivity index (χ0v) is 4.90. The molecule has 1 N–H and O–H groups in total. The van der Waals surface area contributed by atoms with E-state index < -0.39 is 23.8 Å². The fourth-order valence-electron chi connectivity index (χ4n) is 0.962. The van der Waals surface area contributed by atoms with E-state index in [1.807, 2.05) is 0 Å². The standard InChI is InChI=1S/C6H4O4/c7-2-1-3(8)5-6(10-5)4(2)9/h1,5-7H/t5-,6-/m0/s1. The van der Waals surface area contributed by atoms with Gasteiger partial charge < -0.3 is 9.84 Å². The smallest absolute Gasteiger partial charge is 0.229 e. The number of rotatable bonds is 0. The molecule has 0 unspecified atom stereocenters. The number of hydrogen-bond acceptors (Lipinski definition) is 4. The molecule has 2 rings (SSSR count). The van der Waals surface area contributed by atoms with E-state index in [4.69, 9.17) is 5.11 Å². The normalized spacial score (nSPS) is 37.0. The molecule has 1 fully saturated rings. The van der Waals surface area contributed by atoms with Gasteiger partial charge in [-0.1, -0.05) is 0 Å². The first kappa shape index (κ1) is 5.61. The van der Waals surface area contributed by atoms with Crippen LogP contribution in [0.3, 0.4) is 0 Å². The lowest BCUT2D eigenvalue weighted by molar-refractivity contribution is -0.121. The van der Waals surface area contributed by atoms with Crippen molar-refractivity contribution in [3.05, 3.63) is 11.8 Å². The van der Waals surface area contributed by atoms with Crippen molar-refractivity contribution in [1.29, 1.82) is 0 Å². The van der Waals surface area contributed by atoms with Crippen molar-refractivity contribution in [2.24, 2.45) is 0 Å². The van der Waals surface area contributed by atoms with Gasteiger partial charge in [-0.05, 0) is 0 Å². The molecule has 2 aliphatic rings. The van der Waals surface area contributed by atoms with Gasteiger partial charge in [-0.15, -0.1) is 0 Å². The van der Waals surface area contributed by atoms with Crippen LogP contribution < -0.4 is 0 Å². The Bertz CT molecular complexity index is 252. The lowest BCUT2D eigenvalue weighted by atomic mass is 10.0. The first-order valence-corrected chi connectivity index (χ1v) is 2.84.